The Morgan fingerprint density at radius 2 is 1.83 bits per heavy atom. The van der Waals surface area contributed by atoms with Crippen LogP contribution in [0.1, 0.15) is 17.3 Å². The number of methoxy groups -OCH3 is 1. The molecule has 1 aromatic carbocycles. The minimum absolute atomic E-state index is 0.134. The van der Waals surface area contributed by atoms with Crippen molar-refractivity contribution < 1.29 is 14.3 Å². The number of carbonyl (C=O) groups is 1. The number of carbonyl (C=O) groups excluding carboxylic acids is 1. The maximum absolute atomic E-state index is 12.2. The van der Waals surface area contributed by atoms with E-state index in [9.17, 15) is 4.79 Å². The fourth-order valence-corrected chi connectivity index (χ4v) is 3.19. The van der Waals surface area contributed by atoms with Gasteiger partial charge >= 0.3 is 5.97 Å². The zero-order valence-electron chi connectivity index (χ0n) is 13.6. The highest BCUT2D eigenvalue weighted by molar-refractivity contribution is 6.40. The second kappa shape index (κ2) is 7.51. The Morgan fingerprint density at radius 3 is 2.29 bits per heavy atom. The molecule has 1 heterocycles. The Kier molecular flexibility index (Phi) is 5.85. The number of esters is 1. The summed E-state index contributed by atoms with van der Waals surface area (Å²) in [5, 5.41) is 5.32. The first-order valence-corrected chi connectivity index (χ1v) is 8.11. The van der Waals surface area contributed by atoms with E-state index in [0.29, 0.717) is 23.1 Å². The zero-order chi connectivity index (χ0) is 18.0. The van der Waals surface area contributed by atoms with Crippen molar-refractivity contribution in [2.45, 2.75) is 6.92 Å². The van der Waals surface area contributed by atoms with E-state index in [1.807, 2.05) is 0 Å². The highest BCUT2D eigenvalue weighted by atomic mass is 35.5. The fraction of sp³-hybridized carbons (Fsp3) is 0.333. The van der Waals surface area contributed by atoms with Crippen LogP contribution in [0.5, 0.6) is 5.88 Å². The molecule has 0 atom stereocenters. The fourth-order valence-electron chi connectivity index (χ4n) is 2.21. The van der Waals surface area contributed by atoms with Crippen molar-refractivity contribution in [3.63, 3.8) is 0 Å². The number of ether oxygens (including phenoxy) is 2. The van der Waals surface area contributed by atoms with Gasteiger partial charge in [-0.15, -0.1) is 5.10 Å². The normalized spacial score (nSPS) is 10.6. The number of nitrogens with zero attached hydrogens (tertiary/aromatic N) is 3. The Bertz CT molecular complexity index is 752. The zero-order valence-corrected chi connectivity index (χ0v) is 15.8. The van der Waals surface area contributed by atoms with E-state index in [1.165, 1.54) is 11.8 Å². The molecule has 1 aromatic heterocycles. The molecule has 6 nitrogen and oxygen atoms in total. The molecule has 0 aliphatic carbocycles. The van der Waals surface area contributed by atoms with Crippen molar-refractivity contribution in [2.75, 3.05) is 32.7 Å². The van der Waals surface area contributed by atoms with Crippen LogP contribution in [0, 0.1) is 0 Å². The van der Waals surface area contributed by atoms with Crippen molar-refractivity contribution in [2.24, 2.45) is 0 Å². The third-order valence-corrected chi connectivity index (χ3v) is 3.91. The number of benzene rings is 1. The molecular formula is C15H16Cl3N3O3. The summed E-state index contributed by atoms with van der Waals surface area (Å²) in [4.78, 5) is 13.9. The van der Waals surface area contributed by atoms with Crippen LogP contribution in [0.15, 0.2) is 12.1 Å². The van der Waals surface area contributed by atoms with Gasteiger partial charge in [0.25, 0.3) is 0 Å². The van der Waals surface area contributed by atoms with Gasteiger partial charge in [-0.05, 0) is 19.1 Å². The van der Waals surface area contributed by atoms with Crippen LogP contribution in [0.2, 0.25) is 15.1 Å². The van der Waals surface area contributed by atoms with E-state index in [4.69, 9.17) is 44.3 Å². The Morgan fingerprint density at radius 1 is 1.25 bits per heavy atom. The van der Waals surface area contributed by atoms with Gasteiger partial charge in [-0.2, -0.15) is 0 Å². The minimum atomic E-state index is -0.574. The van der Waals surface area contributed by atoms with Gasteiger partial charge in [-0.1, -0.05) is 34.8 Å². The van der Waals surface area contributed by atoms with Gasteiger partial charge in [0.2, 0.25) is 5.88 Å². The highest BCUT2D eigenvalue weighted by Crippen LogP contribution is 2.38. The molecule has 0 saturated carbocycles. The summed E-state index contributed by atoms with van der Waals surface area (Å²) in [5.41, 5.74) is 0.578. The molecule has 0 spiro atoms. The van der Waals surface area contributed by atoms with Crippen molar-refractivity contribution in [1.82, 2.24) is 9.78 Å². The molecule has 0 unspecified atom stereocenters. The van der Waals surface area contributed by atoms with E-state index in [0.717, 1.165) is 0 Å². The minimum Gasteiger partial charge on any atom is -0.476 e. The smallest absolute Gasteiger partial charge is 0.347 e. The predicted molar refractivity (Wildman–Crippen MR) is 95.4 cm³/mol. The highest BCUT2D eigenvalue weighted by Gasteiger charge is 2.29. The standard InChI is InChI=1S/C15H16Cl3N3O3/c1-5-24-13-11(15(22)23-4)14(20(2)3)21(19-13)12-9(17)6-8(16)7-10(12)18/h6-7H,5H2,1-4H3. The molecule has 0 saturated heterocycles. The van der Waals surface area contributed by atoms with Crippen LogP contribution >= 0.6 is 34.8 Å². The molecule has 2 rings (SSSR count). The van der Waals surface area contributed by atoms with Gasteiger partial charge in [0.05, 0.1) is 23.8 Å². The molecule has 24 heavy (non-hydrogen) atoms. The summed E-state index contributed by atoms with van der Waals surface area (Å²) >= 11 is 18.5. The van der Waals surface area contributed by atoms with Gasteiger partial charge < -0.3 is 14.4 Å². The first kappa shape index (κ1) is 18.7. The van der Waals surface area contributed by atoms with E-state index in [-0.39, 0.29) is 21.5 Å². The summed E-state index contributed by atoms with van der Waals surface area (Å²) in [6.45, 7) is 2.12. The largest absolute Gasteiger partial charge is 0.476 e. The average Bonchev–Trinajstić information content (AvgIpc) is 2.85. The van der Waals surface area contributed by atoms with Crippen LogP contribution in [0.3, 0.4) is 0 Å². The van der Waals surface area contributed by atoms with Gasteiger partial charge in [-0.25, -0.2) is 9.48 Å². The van der Waals surface area contributed by atoms with Crippen LogP contribution in [0.25, 0.3) is 5.69 Å². The van der Waals surface area contributed by atoms with Crippen molar-refractivity contribution in [3.05, 3.63) is 32.8 Å². The van der Waals surface area contributed by atoms with Gasteiger partial charge in [0.1, 0.15) is 5.69 Å². The molecule has 0 radical (unpaired) electrons. The van der Waals surface area contributed by atoms with Crippen molar-refractivity contribution in [1.29, 1.82) is 0 Å². The first-order chi connectivity index (χ1) is 11.3. The number of aromatic nitrogens is 2. The third-order valence-electron chi connectivity index (χ3n) is 3.12. The maximum Gasteiger partial charge on any atom is 0.347 e. The Balaban J connectivity index is 2.82. The van der Waals surface area contributed by atoms with E-state index >= 15 is 0 Å². The van der Waals surface area contributed by atoms with E-state index in [2.05, 4.69) is 5.10 Å². The van der Waals surface area contributed by atoms with Gasteiger partial charge in [-0.3, -0.25) is 0 Å². The Hall–Kier alpha value is -1.63. The summed E-state index contributed by atoms with van der Waals surface area (Å²) in [7, 11) is 4.80. The number of halogens is 3. The van der Waals surface area contributed by atoms with Crippen molar-refractivity contribution in [3.8, 4) is 11.6 Å². The predicted octanol–water partition coefficient (Wildman–Crippen LogP) is 4.08. The summed E-state index contributed by atoms with van der Waals surface area (Å²) in [6, 6.07) is 3.09. The molecule has 0 bridgehead atoms. The monoisotopic (exact) mass is 391 g/mol. The second-order valence-electron chi connectivity index (χ2n) is 4.95. The van der Waals surface area contributed by atoms with Crippen LogP contribution in [-0.4, -0.2) is 43.6 Å². The summed E-state index contributed by atoms with van der Waals surface area (Å²) in [6.07, 6.45) is 0. The maximum atomic E-state index is 12.2. The lowest BCUT2D eigenvalue weighted by Gasteiger charge is -2.17. The number of anilines is 1. The number of hydrogen-bond acceptors (Lipinski definition) is 5. The van der Waals surface area contributed by atoms with Gasteiger partial charge in [0, 0.05) is 19.1 Å². The molecule has 0 fully saturated rings. The average molecular weight is 393 g/mol. The number of rotatable bonds is 5. The number of hydrogen-bond donors (Lipinski definition) is 0. The molecule has 2 aromatic rings. The van der Waals surface area contributed by atoms with Crippen LogP contribution in [0.4, 0.5) is 5.82 Å². The molecule has 0 aliphatic heterocycles. The molecule has 0 N–H and O–H groups in total. The molecule has 0 aliphatic rings. The molecule has 0 amide bonds. The summed E-state index contributed by atoms with van der Waals surface area (Å²) in [5.74, 6) is -0.0128. The van der Waals surface area contributed by atoms with Crippen LogP contribution < -0.4 is 9.64 Å². The molecule has 130 valence electrons. The third kappa shape index (κ3) is 3.41. The van der Waals surface area contributed by atoms with Crippen LogP contribution in [-0.2, 0) is 4.74 Å². The quantitative estimate of drug-likeness (QED) is 0.718. The second-order valence-corrected chi connectivity index (χ2v) is 6.20. The molecule has 9 heteroatoms. The SMILES string of the molecule is CCOc1nn(-c2c(Cl)cc(Cl)cc2Cl)c(N(C)C)c1C(=O)OC. The lowest BCUT2D eigenvalue weighted by atomic mass is 10.2. The lowest BCUT2D eigenvalue weighted by Crippen LogP contribution is -2.18. The van der Waals surface area contributed by atoms with E-state index < -0.39 is 5.97 Å². The van der Waals surface area contributed by atoms with E-state index in [1.54, 1.807) is 38.1 Å². The molecular weight excluding hydrogens is 377 g/mol. The summed E-state index contributed by atoms with van der Waals surface area (Å²) < 4.78 is 11.8. The van der Waals surface area contributed by atoms with Gasteiger partial charge in [0.15, 0.2) is 11.4 Å². The van der Waals surface area contributed by atoms with Crippen molar-refractivity contribution >= 4 is 46.6 Å². The lowest BCUT2D eigenvalue weighted by molar-refractivity contribution is 0.0597. The Labute approximate surface area is 154 Å². The topological polar surface area (TPSA) is 56.6 Å². The first-order valence-electron chi connectivity index (χ1n) is 6.98.